The average molecular weight is 401 g/mol. The monoisotopic (exact) mass is 400 g/mol. The first-order chi connectivity index (χ1) is 13.7. The van der Waals surface area contributed by atoms with Crippen molar-refractivity contribution in [1.82, 2.24) is 29.7 Å². The van der Waals surface area contributed by atoms with Gasteiger partial charge in [0, 0.05) is 18.8 Å². The molecule has 0 spiro atoms. The van der Waals surface area contributed by atoms with Gasteiger partial charge in [-0.2, -0.15) is 19.6 Å². The summed E-state index contributed by atoms with van der Waals surface area (Å²) in [5.74, 6) is 3.01. The van der Waals surface area contributed by atoms with E-state index in [9.17, 15) is 0 Å². The van der Waals surface area contributed by atoms with Crippen molar-refractivity contribution in [3.05, 3.63) is 36.2 Å². The lowest BCUT2D eigenvalue weighted by Gasteiger charge is -2.07. The third kappa shape index (κ3) is 5.56. The Morgan fingerprint density at radius 3 is 2.32 bits per heavy atom. The van der Waals surface area contributed by atoms with Crippen LogP contribution in [0, 0.1) is 6.92 Å². The Morgan fingerprint density at radius 2 is 1.68 bits per heavy atom. The number of nitrogens with one attached hydrogen (secondary N) is 2. The van der Waals surface area contributed by atoms with Crippen LogP contribution in [0.2, 0.25) is 0 Å². The molecule has 2 aromatic heterocycles. The van der Waals surface area contributed by atoms with Crippen LogP contribution in [-0.2, 0) is 0 Å². The summed E-state index contributed by atoms with van der Waals surface area (Å²) in [6.07, 6.45) is 1.60. The molecule has 9 nitrogen and oxygen atoms in total. The highest BCUT2D eigenvalue weighted by Crippen LogP contribution is 2.16. The van der Waals surface area contributed by atoms with Crippen LogP contribution >= 0.6 is 11.8 Å². The van der Waals surface area contributed by atoms with Crippen LogP contribution in [0.15, 0.2) is 35.7 Å². The molecule has 0 unspecified atom stereocenters. The topological polar surface area (TPSA) is 103 Å². The zero-order chi connectivity index (χ0) is 19.8. The number of nitrogens with zero attached hydrogens (tertiary/aromatic N) is 6. The second-order valence-corrected chi connectivity index (χ2v) is 6.89. The van der Waals surface area contributed by atoms with Crippen LogP contribution in [-0.4, -0.2) is 55.2 Å². The Morgan fingerprint density at radius 1 is 1.00 bits per heavy atom. The Kier molecular flexibility index (Phi) is 7.01. The molecule has 0 amide bonds. The number of rotatable bonds is 10. The first kappa shape index (κ1) is 19.9. The predicted molar refractivity (Wildman–Crippen MR) is 110 cm³/mol. The standard InChI is InChI=1S/C18H24N8OS/c1-4-19-15-22-16(20-5-2)24-17(23-15)26-12-21-18(25-26)28-11-10-27-14-8-6-13(3)7-9-14/h6-9,12H,4-5,10-11H2,1-3H3,(H2,19,20,22,23,24). The largest absolute Gasteiger partial charge is 0.493 e. The summed E-state index contributed by atoms with van der Waals surface area (Å²) in [4.78, 5) is 17.4. The van der Waals surface area contributed by atoms with Gasteiger partial charge in [0.05, 0.1) is 6.61 Å². The Balaban J connectivity index is 1.59. The van der Waals surface area contributed by atoms with Crippen molar-refractivity contribution in [3.63, 3.8) is 0 Å². The molecule has 1 aromatic carbocycles. The van der Waals surface area contributed by atoms with Crippen LogP contribution in [0.1, 0.15) is 19.4 Å². The van der Waals surface area contributed by atoms with E-state index in [2.05, 4.69) is 42.6 Å². The van der Waals surface area contributed by atoms with Gasteiger partial charge in [0.15, 0.2) is 0 Å². The lowest BCUT2D eigenvalue weighted by Crippen LogP contribution is -2.12. The van der Waals surface area contributed by atoms with E-state index in [1.807, 2.05) is 38.1 Å². The fraction of sp³-hybridized carbons (Fsp3) is 0.389. The zero-order valence-corrected chi connectivity index (χ0v) is 17.0. The molecule has 0 bridgehead atoms. The van der Waals surface area contributed by atoms with Crippen molar-refractivity contribution in [1.29, 1.82) is 0 Å². The van der Waals surface area contributed by atoms with E-state index in [1.54, 1.807) is 11.0 Å². The Labute approximate surface area is 168 Å². The van der Waals surface area contributed by atoms with Crippen LogP contribution in [0.5, 0.6) is 5.75 Å². The number of benzene rings is 1. The van der Waals surface area contributed by atoms with Crippen molar-refractivity contribution < 1.29 is 4.74 Å². The van der Waals surface area contributed by atoms with Crippen molar-refractivity contribution >= 4 is 23.7 Å². The summed E-state index contributed by atoms with van der Waals surface area (Å²) in [5, 5.41) is 11.3. The van der Waals surface area contributed by atoms with Crippen molar-refractivity contribution in [2.45, 2.75) is 25.9 Å². The highest BCUT2D eigenvalue weighted by molar-refractivity contribution is 7.99. The summed E-state index contributed by atoms with van der Waals surface area (Å²) in [6.45, 7) is 8.03. The van der Waals surface area contributed by atoms with Gasteiger partial charge in [-0.3, -0.25) is 0 Å². The summed E-state index contributed by atoms with van der Waals surface area (Å²) in [6, 6.07) is 8.00. The molecule has 28 heavy (non-hydrogen) atoms. The van der Waals surface area contributed by atoms with E-state index < -0.39 is 0 Å². The molecule has 0 aliphatic heterocycles. The minimum atomic E-state index is 0.414. The van der Waals surface area contributed by atoms with E-state index in [-0.39, 0.29) is 0 Å². The van der Waals surface area contributed by atoms with E-state index >= 15 is 0 Å². The minimum Gasteiger partial charge on any atom is -0.493 e. The van der Waals surface area contributed by atoms with Gasteiger partial charge in [-0.05, 0) is 32.9 Å². The second kappa shape index (κ2) is 9.88. The summed E-state index contributed by atoms with van der Waals surface area (Å²) in [7, 11) is 0. The normalized spacial score (nSPS) is 10.7. The maximum Gasteiger partial charge on any atom is 0.258 e. The van der Waals surface area contributed by atoms with Crippen LogP contribution in [0.3, 0.4) is 0 Å². The molecular weight excluding hydrogens is 376 g/mol. The van der Waals surface area contributed by atoms with Gasteiger partial charge >= 0.3 is 0 Å². The van der Waals surface area contributed by atoms with Gasteiger partial charge in [-0.15, -0.1) is 5.10 Å². The highest BCUT2D eigenvalue weighted by Gasteiger charge is 2.10. The molecule has 0 radical (unpaired) electrons. The van der Waals surface area contributed by atoms with Crippen molar-refractivity contribution in [3.8, 4) is 11.7 Å². The first-order valence-electron chi connectivity index (χ1n) is 9.16. The number of aryl methyl sites for hydroxylation is 1. The smallest absolute Gasteiger partial charge is 0.258 e. The molecule has 2 N–H and O–H groups in total. The molecular formula is C18H24N8OS. The van der Waals surface area contributed by atoms with Gasteiger partial charge < -0.3 is 15.4 Å². The maximum atomic E-state index is 5.73. The van der Waals surface area contributed by atoms with Crippen molar-refractivity contribution in [2.75, 3.05) is 36.1 Å². The molecule has 0 fully saturated rings. The molecule has 10 heteroatoms. The third-order valence-electron chi connectivity index (χ3n) is 3.57. The first-order valence-corrected chi connectivity index (χ1v) is 10.1. The lowest BCUT2D eigenvalue weighted by atomic mass is 10.2. The van der Waals surface area contributed by atoms with Gasteiger partial charge in [0.2, 0.25) is 17.1 Å². The fourth-order valence-electron chi connectivity index (χ4n) is 2.28. The quantitative estimate of drug-likeness (QED) is 0.393. The van der Waals surface area contributed by atoms with E-state index in [0.717, 1.165) is 11.5 Å². The second-order valence-electron chi connectivity index (χ2n) is 5.82. The van der Waals surface area contributed by atoms with Gasteiger partial charge in [-0.25, -0.2) is 4.98 Å². The van der Waals surface area contributed by atoms with Gasteiger partial charge in [0.1, 0.15) is 12.1 Å². The molecule has 3 rings (SSSR count). The zero-order valence-electron chi connectivity index (χ0n) is 16.2. The van der Waals surface area contributed by atoms with E-state index in [4.69, 9.17) is 4.74 Å². The Hall–Kier alpha value is -2.88. The number of ether oxygens (including phenoxy) is 1. The molecule has 0 aliphatic carbocycles. The third-order valence-corrected chi connectivity index (χ3v) is 4.39. The number of hydrogen-bond donors (Lipinski definition) is 2. The molecule has 0 saturated carbocycles. The molecule has 2 heterocycles. The fourth-order valence-corrected chi connectivity index (χ4v) is 2.90. The number of aromatic nitrogens is 6. The minimum absolute atomic E-state index is 0.414. The lowest BCUT2D eigenvalue weighted by molar-refractivity contribution is 0.344. The van der Waals surface area contributed by atoms with Crippen LogP contribution < -0.4 is 15.4 Å². The van der Waals surface area contributed by atoms with Crippen molar-refractivity contribution in [2.24, 2.45) is 0 Å². The summed E-state index contributed by atoms with van der Waals surface area (Å²) >= 11 is 1.52. The average Bonchev–Trinajstić information content (AvgIpc) is 3.16. The SMILES string of the molecule is CCNc1nc(NCC)nc(-n2cnc(SCCOc3ccc(C)cc3)n2)n1. The van der Waals surface area contributed by atoms with E-state index in [1.165, 1.54) is 17.3 Å². The molecule has 0 saturated heterocycles. The summed E-state index contributed by atoms with van der Waals surface area (Å²) < 4.78 is 7.27. The highest BCUT2D eigenvalue weighted by atomic mass is 32.2. The van der Waals surface area contributed by atoms with Crippen LogP contribution in [0.25, 0.3) is 5.95 Å². The molecule has 0 atom stereocenters. The Bertz CT molecular complexity index is 859. The molecule has 3 aromatic rings. The predicted octanol–water partition coefficient (Wildman–Crippen LogP) is 2.80. The van der Waals surface area contributed by atoms with E-state index in [0.29, 0.717) is 42.7 Å². The number of hydrogen-bond acceptors (Lipinski definition) is 9. The van der Waals surface area contributed by atoms with Crippen LogP contribution in [0.4, 0.5) is 11.9 Å². The number of anilines is 2. The van der Waals surface area contributed by atoms with Gasteiger partial charge in [-0.1, -0.05) is 29.5 Å². The van der Waals surface area contributed by atoms with Gasteiger partial charge in [0.25, 0.3) is 5.95 Å². The number of thioether (sulfide) groups is 1. The summed E-state index contributed by atoms with van der Waals surface area (Å²) in [5.41, 5.74) is 1.21. The molecule has 148 valence electrons. The molecule has 0 aliphatic rings. The maximum absolute atomic E-state index is 5.73.